The second-order valence-electron chi connectivity index (χ2n) is 8.49. The summed E-state index contributed by atoms with van der Waals surface area (Å²) in [7, 11) is 0. The van der Waals surface area contributed by atoms with Gasteiger partial charge in [0.15, 0.2) is 5.60 Å². The Labute approximate surface area is 189 Å². The highest BCUT2D eigenvalue weighted by Gasteiger charge is 2.42. The minimum atomic E-state index is -4.93. The van der Waals surface area contributed by atoms with E-state index >= 15 is 0 Å². The number of carboxylic acid groups (broad SMARTS) is 1. The molecule has 1 amide bonds. The van der Waals surface area contributed by atoms with E-state index in [4.69, 9.17) is 9.84 Å². The normalized spacial score (nSPS) is 15.5. The van der Waals surface area contributed by atoms with E-state index in [2.05, 4.69) is 4.74 Å². The van der Waals surface area contributed by atoms with Crippen LogP contribution in [0.4, 0.5) is 18.9 Å². The average molecular weight is 463 g/mol. The van der Waals surface area contributed by atoms with Gasteiger partial charge in [-0.2, -0.15) is 0 Å². The number of carbonyl (C=O) groups excluding carboxylic acids is 1. The first kappa shape index (κ1) is 24.2. The van der Waals surface area contributed by atoms with Gasteiger partial charge in [0.1, 0.15) is 11.5 Å². The third kappa shape index (κ3) is 5.13. The van der Waals surface area contributed by atoms with Crippen LogP contribution >= 0.6 is 0 Å². The summed E-state index contributed by atoms with van der Waals surface area (Å²) in [6.45, 7) is 8.68. The van der Waals surface area contributed by atoms with Crippen molar-refractivity contribution in [1.82, 2.24) is 0 Å². The summed E-state index contributed by atoms with van der Waals surface area (Å²) >= 11 is 0. The van der Waals surface area contributed by atoms with E-state index < -0.39 is 23.7 Å². The average Bonchev–Trinajstić information content (AvgIpc) is 2.66. The Hall–Kier alpha value is -3.49. The predicted molar refractivity (Wildman–Crippen MR) is 117 cm³/mol. The highest BCUT2D eigenvalue weighted by atomic mass is 19.4. The summed E-state index contributed by atoms with van der Waals surface area (Å²) in [5.74, 6) is -1.47. The molecule has 0 radical (unpaired) electrons. The van der Waals surface area contributed by atoms with Gasteiger partial charge in [-0.25, -0.2) is 4.79 Å². The van der Waals surface area contributed by atoms with E-state index in [-0.39, 0.29) is 17.5 Å². The molecule has 2 aromatic carbocycles. The fraction of sp³-hybridized carbons (Fsp3) is 0.333. The van der Waals surface area contributed by atoms with Crippen molar-refractivity contribution in [2.75, 3.05) is 4.90 Å². The molecule has 0 bridgehead atoms. The van der Waals surface area contributed by atoms with Crippen LogP contribution in [0.25, 0.3) is 17.2 Å². The van der Waals surface area contributed by atoms with Crippen molar-refractivity contribution in [3.63, 3.8) is 0 Å². The SMILES string of the molecule is Cc1cc2c(cc1-c1cc(C=CC(=O)O)ccc1OC(F)(F)F)N(C(C)C)C(=O)C(C)(C)O2. The summed E-state index contributed by atoms with van der Waals surface area (Å²) in [5, 5.41) is 8.88. The molecule has 0 unspecified atom stereocenters. The van der Waals surface area contributed by atoms with Crippen LogP contribution in [0.3, 0.4) is 0 Å². The Morgan fingerprint density at radius 2 is 1.85 bits per heavy atom. The summed E-state index contributed by atoms with van der Waals surface area (Å²) < 4.78 is 49.4. The number of anilines is 1. The lowest BCUT2D eigenvalue weighted by Crippen LogP contribution is -2.54. The molecule has 0 aliphatic carbocycles. The van der Waals surface area contributed by atoms with Crippen LogP contribution in [0.1, 0.15) is 38.8 Å². The number of nitrogens with zero attached hydrogens (tertiary/aromatic N) is 1. The van der Waals surface area contributed by atoms with E-state index in [1.807, 2.05) is 13.8 Å². The molecule has 0 spiro atoms. The smallest absolute Gasteiger partial charge is 0.478 e. The van der Waals surface area contributed by atoms with E-state index in [0.717, 1.165) is 12.1 Å². The van der Waals surface area contributed by atoms with Crippen LogP contribution < -0.4 is 14.4 Å². The third-order valence-corrected chi connectivity index (χ3v) is 5.12. The van der Waals surface area contributed by atoms with E-state index in [1.165, 1.54) is 18.2 Å². The molecule has 1 heterocycles. The lowest BCUT2D eigenvalue weighted by atomic mass is 9.94. The summed E-state index contributed by atoms with van der Waals surface area (Å²) in [4.78, 5) is 25.4. The number of benzene rings is 2. The molecule has 1 aliphatic rings. The zero-order valence-electron chi connectivity index (χ0n) is 18.8. The molecule has 0 saturated heterocycles. The number of carbonyl (C=O) groups is 2. The van der Waals surface area contributed by atoms with Crippen LogP contribution in [0.15, 0.2) is 36.4 Å². The number of fused-ring (bicyclic) bond motifs is 1. The molecule has 33 heavy (non-hydrogen) atoms. The molecule has 1 N–H and O–H groups in total. The van der Waals surface area contributed by atoms with Gasteiger partial charge in [0.2, 0.25) is 0 Å². The molecule has 176 valence electrons. The van der Waals surface area contributed by atoms with Crippen molar-refractivity contribution in [3.05, 3.63) is 47.5 Å². The Bertz CT molecular complexity index is 1140. The number of rotatable bonds is 5. The summed E-state index contributed by atoms with van der Waals surface area (Å²) in [5.41, 5.74) is 0.778. The van der Waals surface area contributed by atoms with Gasteiger partial charge in [-0.3, -0.25) is 4.79 Å². The lowest BCUT2D eigenvalue weighted by molar-refractivity contribution is -0.274. The number of aliphatic carboxylic acids is 1. The van der Waals surface area contributed by atoms with Crippen molar-refractivity contribution in [1.29, 1.82) is 0 Å². The maximum absolute atomic E-state index is 13.1. The van der Waals surface area contributed by atoms with E-state index in [9.17, 15) is 22.8 Å². The maximum atomic E-state index is 13.1. The van der Waals surface area contributed by atoms with E-state index in [1.54, 1.807) is 37.8 Å². The molecule has 0 atom stereocenters. The first-order chi connectivity index (χ1) is 15.2. The van der Waals surface area contributed by atoms with Crippen LogP contribution in [-0.2, 0) is 9.59 Å². The standard InChI is InChI=1S/C24H24F3NO5/c1-13(2)28-18-12-16(14(3)10-20(18)32-23(4,5)22(28)31)17-11-15(7-9-21(29)30)6-8-19(17)33-24(25,26)27/h6-13H,1-5H3,(H,29,30). The largest absolute Gasteiger partial charge is 0.573 e. The topological polar surface area (TPSA) is 76.1 Å². The number of aryl methyl sites for hydroxylation is 1. The molecular formula is C24H24F3NO5. The van der Waals surface area contributed by atoms with Gasteiger partial charge < -0.3 is 19.5 Å². The molecule has 2 aromatic rings. The molecule has 0 saturated carbocycles. The fourth-order valence-electron chi connectivity index (χ4n) is 3.70. The highest BCUT2D eigenvalue weighted by Crippen LogP contribution is 2.45. The van der Waals surface area contributed by atoms with Crippen molar-refractivity contribution in [3.8, 4) is 22.6 Å². The Kier molecular flexibility index (Phi) is 6.19. The highest BCUT2D eigenvalue weighted by molar-refractivity contribution is 6.03. The van der Waals surface area contributed by atoms with Gasteiger partial charge in [-0.05, 0) is 81.7 Å². The zero-order valence-corrected chi connectivity index (χ0v) is 18.8. The maximum Gasteiger partial charge on any atom is 0.573 e. The molecule has 0 aromatic heterocycles. The second-order valence-corrected chi connectivity index (χ2v) is 8.49. The number of halogens is 3. The van der Waals surface area contributed by atoms with Gasteiger partial charge in [-0.1, -0.05) is 6.07 Å². The fourth-order valence-corrected chi connectivity index (χ4v) is 3.70. The van der Waals surface area contributed by atoms with E-state index in [0.29, 0.717) is 28.1 Å². The molecule has 1 aliphatic heterocycles. The van der Waals surface area contributed by atoms with Crippen LogP contribution in [0.2, 0.25) is 0 Å². The predicted octanol–water partition coefficient (Wildman–Crippen LogP) is 5.57. The molecular weight excluding hydrogens is 439 g/mol. The van der Waals surface area contributed by atoms with Gasteiger partial charge in [-0.15, -0.1) is 13.2 Å². The van der Waals surface area contributed by atoms with Crippen molar-refractivity contribution in [2.24, 2.45) is 0 Å². The molecule has 9 heteroatoms. The zero-order chi connectivity index (χ0) is 24.7. The first-order valence-corrected chi connectivity index (χ1v) is 10.2. The molecule has 0 fully saturated rings. The number of hydrogen-bond donors (Lipinski definition) is 1. The number of hydrogen-bond acceptors (Lipinski definition) is 4. The first-order valence-electron chi connectivity index (χ1n) is 10.2. The van der Waals surface area contributed by atoms with Crippen LogP contribution in [0, 0.1) is 6.92 Å². The Balaban J connectivity index is 2.24. The minimum Gasteiger partial charge on any atom is -0.478 e. The number of carboxylic acids is 1. The minimum absolute atomic E-state index is 0.0983. The van der Waals surface area contributed by atoms with Gasteiger partial charge in [0, 0.05) is 17.7 Å². The number of ether oxygens (including phenoxy) is 2. The summed E-state index contributed by atoms with van der Waals surface area (Å²) in [6, 6.07) is 6.91. The Morgan fingerprint density at radius 3 is 2.42 bits per heavy atom. The molecule has 6 nitrogen and oxygen atoms in total. The van der Waals surface area contributed by atoms with Crippen LogP contribution in [-0.4, -0.2) is 35.0 Å². The Morgan fingerprint density at radius 1 is 1.18 bits per heavy atom. The second kappa shape index (κ2) is 8.46. The van der Waals surface area contributed by atoms with Crippen molar-refractivity contribution >= 4 is 23.6 Å². The van der Waals surface area contributed by atoms with Gasteiger partial charge >= 0.3 is 12.3 Å². The number of amides is 1. The van der Waals surface area contributed by atoms with Gasteiger partial charge in [0.05, 0.1) is 5.69 Å². The lowest BCUT2D eigenvalue weighted by Gasteiger charge is -2.41. The van der Waals surface area contributed by atoms with Crippen LogP contribution in [0.5, 0.6) is 11.5 Å². The van der Waals surface area contributed by atoms with Gasteiger partial charge in [0.25, 0.3) is 5.91 Å². The van der Waals surface area contributed by atoms with Crippen molar-refractivity contribution in [2.45, 2.75) is 52.6 Å². The third-order valence-electron chi connectivity index (χ3n) is 5.12. The summed E-state index contributed by atoms with van der Waals surface area (Å²) in [6.07, 6.45) is -2.77. The quantitative estimate of drug-likeness (QED) is 0.587. The number of alkyl halides is 3. The monoisotopic (exact) mass is 463 g/mol. The molecule has 3 rings (SSSR count). The van der Waals surface area contributed by atoms with Crippen molar-refractivity contribution < 1.29 is 37.3 Å².